The van der Waals surface area contributed by atoms with E-state index in [-0.39, 0.29) is 11.8 Å². The van der Waals surface area contributed by atoms with Crippen molar-refractivity contribution in [1.29, 1.82) is 0 Å². The SMILES string of the molecule is COC(=O)CSCc1ccc2oc3ccc(F)cc3c2c1. The molecule has 0 saturated carbocycles. The zero-order valence-electron chi connectivity index (χ0n) is 11.4. The highest BCUT2D eigenvalue weighted by Crippen LogP contribution is 2.30. The second-order valence-electron chi connectivity index (χ2n) is 4.64. The third-order valence-corrected chi connectivity index (χ3v) is 4.19. The first-order chi connectivity index (χ1) is 10.2. The summed E-state index contributed by atoms with van der Waals surface area (Å²) in [5.41, 5.74) is 2.46. The van der Waals surface area contributed by atoms with Crippen molar-refractivity contribution < 1.29 is 18.3 Å². The van der Waals surface area contributed by atoms with Crippen molar-refractivity contribution in [2.24, 2.45) is 0 Å². The zero-order chi connectivity index (χ0) is 14.8. The third kappa shape index (κ3) is 2.88. The number of carbonyl (C=O) groups excluding carboxylic acids is 1. The first-order valence-corrected chi connectivity index (χ1v) is 7.58. The Labute approximate surface area is 125 Å². The number of rotatable bonds is 4. The van der Waals surface area contributed by atoms with Crippen molar-refractivity contribution in [3.63, 3.8) is 0 Å². The van der Waals surface area contributed by atoms with Crippen LogP contribution in [0.5, 0.6) is 0 Å². The topological polar surface area (TPSA) is 39.4 Å². The first kappa shape index (κ1) is 13.9. The van der Waals surface area contributed by atoms with Crippen molar-refractivity contribution >= 4 is 39.7 Å². The lowest BCUT2D eigenvalue weighted by Gasteiger charge is -2.01. The number of esters is 1. The number of fused-ring (bicyclic) bond motifs is 3. The van der Waals surface area contributed by atoms with Gasteiger partial charge in [-0.2, -0.15) is 0 Å². The Hall–Kier alpha value is -2.01. The Morgan fingerprint density at radius 3 is 2.67 bits per heavy atom. The summed E-state index contributed by atoms with van der Waals surface area (Å²) in [5.74, 6) is 0.482. The van der Waals surface area contributed by atoms with Crippen LogP contribution in [0.3, 0.4) is 0 Å². The van der Waals surface area contributed by atoms with Crippen molar-refractivity contribution in [3.05, 3.63) is 47.8 Å². The summed E-state index contributed by atoms with van der Waals surface area (Å²) >= 11 is 1.48. The highest BCUT2D eigenvalue weighted by atomic mass is 32.2. The number of hydrogen-bond acceptors (Lipinski definition) is 4. The Balaban J connectivity index is 1.89. The maximum Gasteiger partial charge on any atom is 0.315 e. The van der Waals surface area contributed by atoms with Crippen LogP contribution in [0.25, 0.3) is 21.9 Å². The lowest BCUT2D eigenvalue weighted by Crippen LogP contribution is -2.03. The average molecular weight is 304 g/mol. The van der Waals surface area contributed by atoms with Crippen molar-refractivity contribution in [2.45, 2.75) is 5.75 Å². The van der Waals surface area contributed by atoms with Crippen LogP contribution < -0.4 is 0 Å². The molecule has 5 heteroatoms. The van der Waals surface area contributed by atoms with Gasteiger partial charge in [-0.05, 0) is 35.9 Å². The van der Waals surface area contributed by atoms with E-state index >= 15 is 0 Å². The molecule has 21 heavy (non-hydrogen) atoms. The molecule has 0 amide bonds. The van der Waals surface area contributed by atoms with Crippen LogP contribution in [0.15, 0.2) is 40.8 Å². The fourth-order valence-corrected chi connectivity index (χ4v) is 3.00. The summed E-state index contributed by atoms with van der Waals surface area (Å²) < 4.78 is 23.7. The van der Waals surface area contributed by atoms with Crippen LogP contribution >= 0.6 is 11.8 Å². The van der Waals surface area contributed by atoms with E-state index in [9.17, 15) is 9.18 Å². The number of ether oxygens (including phenoxy) is 1. The third-order valence-electron chi connectivity index (χ3n) is 3.21. The summed E-state index contributed by atoms with van der Waals surface area (Å²) in [7, 11) is 1.38. The number of halogens is 1. The summed E-state index contributed by atoms with van der Waals surface area (Å²) in [4.78, 5) is 11.1. The van der Waals surface area contributed by atoms with Gasteiger partial charge < -0.3 is 9.15 Å². The van der Waals surface area contributed by atoms with E-state index in [4.69, 9.17) is 4.42 Å². The van der Waals surface area contributed by atoms with Gasteiger partial charge in [-0.15, -0.1) is 11.8 Å². The molecule has 0 atom stereocenters. The number of carbonyl (C=O) groups is 1. The largest absolute Gasteiger partial charge is 0.468 e. The quantitative estimate of drug-likeness (QED) is 0.679. The fraction of sp³-hybridized carbons (Fsp3) is 0.188. The molecule has 0 unspecified atom stereocenters. The molecule has 0 aliphatic carbocycles. The van der Waals surface area contributed by atoms with Gasteiger partial charge in [0.1, 0.15) is 17.0 Å². The Bertz CT molecular complexity index is 810. The fourth-order valence-electron chi connectivity index (χ4n) is 2.20. The normalized spacial score (nSPS) is 11.1. The molecular weight excluding hydrogens is 291 g/mol. The minimum atomic E-state index is -0.282. The minimum absolute atomic E-state index is 0.239. The van der Waals surface area contributed by atoms with Crippen LogP contribution in [0.1, 0.15) is 5.56 Å². The monoisotopic (exact) mass is 304 g/mol. The van der Waals surface area contributed by atoms with Gasteiger partial charge >= 0.3 is 5.97 Å². The molecular formula is C16H13FO3S. The molecule has 0 radical (unpaired) electrons. The second-order valence-corrected chi connectivity index (χ2v) is 5.63. The number of thioether (sulfide) groups is 1. The van der Waals surface area contributed by atoms with Crippen LogP contribution in [-0.4, -0.2) is 18.8 Å². The van der Waals surface area contributed by atoms with E-state index in [2.05, 4.69) is 4.74 Å². The van der Waals surface area contributed by atoms with Gasteiger partial charge in [0.15, 0.2) is 0 Å². The van der Waals surface area contributed by atoms with E-state index in [1.165, 1.54) is 31.0 Å². The second kappa shape index (κ2) is 5.77. The molecule has 3 rings (SSSR count). The maximum atomic E-state index is 13.4. The predicted molar refractivity (Wildman–Crippen MR) is 81.9 cm³/mol. The van der Waals surface area contributed by atoms with Crippen LogP contribution in [0.2, 0.25) is 0 Å². The molecule has 108 valence electrons. The summed E-state index contributed by atoms with van der Waals surface area (Å²) in [6, 6.07) is 10.3. The van der Waals surface area contributed by atoms with E-state index in [1.54, 1.807) is 6.07 Å². The highest BCUT2D eigenvalue weighted by Gasteiger charge is 2.09. The standard InChI is InChI=1S/C16H13FO3S/c1-19-16(18)9-21-8-10-2-4-14-12(6-10)13-7-11(17)3-5-15(13)20-14/h2-7H,8-9H2,1H3. The van der Waals surface area contributed by atoms with E-state index < -0.39 is 0 Å². The average Bonchev–Trinajstić information content (AvgIpc) is 2.84. The summed E-state index contributed by atoms with van der Waals surface area (Å²) in [6.07, 6.45) is 0. The van der Waals surface area contributed by atoms with Gasteiger partial charge in [0.05, 0.1) is 12.9 Å². The van der Waals surface area contributed by atoms with Crippen LogP contribution in [0, 0.1) is 5.82 Å². The molecule has 2 aromatic carbocycles. The molecule has 0 aliphatic rings. The number of methoxy groups -OCH3 is 1. The van der Waals surface area contributed by atoms with Gasteiger partial charge in [-0.1, -0.05) is 6.07 Å². The number of furan rings is 1. The molecule has 1 heterocycles. The predicted octanol–water partition coefficient (Wildman–Crippen LogP) is 4.13. The smallest absolute Gasteiger partial charge is 0.315 e. The molecule has 0 spiro atoms. The zero-order valence-corrected chi connectivity index (χ0v) is 12.2. The molecule has 0 aliphatic heterocycles. The molecule has 0 bridgehead atoms. The van der Waals surface area contributed by atoms with Crippen molar-refractivity contribution in [1.82, 2.24) is 0 Å². The Morgan fingerprint density at radius 2 is 1.90 bits per heavy atom. The highest BCUT2D eigenvalue weighted by molar-refractivity contribution is 7.99. The van der Waals surface area contributed by atoms with Gasteiger partial charge in [-0.25, -0.2) is 4.39 Å². The van der Waals surface area contributed by atoms with Gasteiger partial charge in [0.2, 0.25) is 0 Å². The van der Waals surface area contributed by atoms with Crippen LogP contribution in [0.4, 0.5) is 4.39 Å². The number of hydrogen-bond donors (Lipinski definition) is 0. The minimum Gasteiger partial charge on any atom is -0.468 e. The van der Waals surface area contributed by atoms with Gasteiger partial charge in [0, 0.05) is 16.5 Å². The summed E-state index contributed by atoms with van der Waals surface area (Å²) in [6.45, 7) is 0. The van der Waals surface area contributed by atoms with E-state index in [0.29, 0.717) is 17.1 Å². The van der Waals surface area contributed by atoms with Crippen LogP contribution in [-0.2, 0) is 15.3 Å². The molecule has 0 fully saturated rings. The Kier molecular flexibility index (Phi) is 3.84. The first-order valence-electron chi connectivity index (χ1n) is 6.42. The van der Waals surface area contributed by atoms with E-state index in [0.717, 1.165) is 21.9 Å². The lowest BCUT2D eigenvalue weighted by molar-refractivity contribution is -0.137. The molecule has 0 N–H and O–H groups in total. The number of benzene rings is 2. The lowest BCUT2D eigenvalue weighted by atomic mass is 10.1. The molecule has 3 aromatic rings. The Morgan fingerprint density at radius 1 is 1.19 bits per heavy atom. The van der Waals surface area contributed by atoms with E-state index in [1.807, 2.05) is 18.2 Å². The molecule has 0 saturated heterocycles. The van der Waals surface area contributed by atoms with Crippen molar-refractivity contribution in [2.75, 3.05) is 12.9 Å². The van der Waals surface area contributed by atoms with Gasteiger partial charge in [0.25, 0.3) is 0 Å². The van der Waals surface area contributed by atoms with Crippen molar-refractivity contribution in [3.8, 4) is 0 Å². The maximum absolute atomic E-state index is 13.4. The molecule has 3 nitrogen and oxygen atoms in total. The molecule has 1 aromatic heterocycles. The van der Waals surface area contributed by atoms with Gasteiger partial charge in [-0.3, -0.25) is 4.79 Å². The summed E-state index contributed by atoms with van der Waals surface area (Å²) in [5, 5.41) is 1.66.